The van der Waals surface area contributed by atoms with Crippen LogP contribution in [0, 0.1) is 0 Å². The van der Waals surface area contributed by atoms with E-state index in [0.29, 0.717) is 5.82 Å². The van der Waals surface area contributed by atoms with Crippen LogP contribution in [-0.4, -0.2) is 14.5 Å². The highest BCUT2D eigenvalue weighted by molar-refractivity contribution is 6.29. The Labute approximate surface area is 387 Å². The molecule has 4 heteroatoms. The van der Waals surface area contributed by atoms with Crippen molar-refractivity contribution in [2.45, 2.75) is 6.92 Å². The number of rotatable bonds is 7. The van der Waals surface area contributed by atoms with E-state index in [-0.39, 0.29) is 0 Å². The molecule has 0 radical (unpaired) electrons. The van der Waals surface area contributed by atoms with E-state index in [4.69, 9.17) is 14.4 Å². The fourth-order valence-corrected chi connectivity index (χ4v) is 10.4. The minimum Gasteiger partial charge on any atom is -0.456 e. The molecule has 0 amide bonds. The van der Waals surface area contributed by atoms with Crippen LogP contribution in [0.25, 0.3) is 139 Å². The second-order valence-electron chi connectivity index (χ2n) is 17.3. The first kappa shape index (κ1) is 38.6. The number of hydrogen-bond donors (Lipinski definition) is 0. The molecule has 10 aromatic carbocycles. The van der Waals surface area contributed by atoms with Crippen molar-refractivity contribution in [1.29, 1.82) is 0 Å². The summed E-state index contributed by atoms with van der Waals surface area (Å²) in [4.78, 5) is 10.6. The summed E-state index contributed by atoms with van der Waals surface area (Å²) >= 11 is 0. The molecule has 0 spiro atoms. The number of benzene rings is 10. The van der Waals surface area contributed by atoms with Crippen LogP contribution in [0.1, 0.15) is 18.2 Å². The second-order valence-corrected chi connectivity index (χ2v) is 17.3. The topological polar surface area (TPSA) is 43.9 Å². The number of furan rings is 1. The van der Waals surface area contributed by atoms with E-state index in [0.717, 1.165) is 77.9 Å². The standard InChI is InChI=1S/C63H41N3O/c1-3-16-50-56-34-43(29-32-61(56)67-60(50)4-2)42-27-30-49-47-24-13-14-25-48(47)53-37-59-55(36-52(53)51(49)33-42)54-35-44(46-26-15-22-39-17-11-12-23-45(39)46)28-31-58(54)66(59)62-38-57(40-18-7-5-8-19-40)64-63(65-62)41-20-9-6-10-21-41/h3-38H,2H2,1H3/b16-3-. The van der Waals surface area contributed by atoms with Gasteiger partial charge in [-0.1, -0.05) is 170 Å². The summed E-state index contributed by atoms with van der Waals surface area (Å²) in [5.41, 5.74) is 11.5. The molecule has 3 heterocycles. The molecule has 0 saturated heterocycles. The molecule has 3 aromatic heterocycles. The first-order valence-electron chi connectivity index (χ1n) is 22.8. The van der Waals surface area contributed by atoms with Crippen molar-refractivity contribution in [2.24, 2.45) is 0 Å². The summed E-state index contributed by atoms with van der Waals surface area (Å²) < 4.78 is 8.57. The summed E-state index contributed by atoms with van der Waals surface area (Å²) in [6, 6.07) is 72.1. The number of aromatic nitrogens is 3. The van der Waals surface area contributed by atoms with Crippen molar-refractivity contribution in [3.05, 3.63) is 224 Å². The zero-order chi connectivity index (χ0) is 44.6. The minimum absolute atomic E-state index is 0.677. The lowest BCUT2D eigenvalue weighted by molar-refractivity contribution is 0.603. The summed E-state index contributed by atoms with van der Waals surface area (Å²) in [5.74, 6) is 2.27. The average molecular weight is 856 g/mol. The molecule has 0 saturated carbocycles. The predicted octanol–water partition coefficient (Wildman–Crippen LogP) is 17.3. The van der Waals surface area contributed by atoms with Crippen LogP contribution < -0.4 is 0 Å². The molecule has 4 nitrogen and oxygen atoms in total. The molecular weight excluding hydrogens is 815 g/mol. The van der Waals surface area contributed by atoms with Gasteiger partial charge in [0.15, 0.2) is 5.82 Å². The van der Waals surface area contributed by atoms with Crippen LogP contribution >= 0.6 is 0 Å². The highest BCUT2D eigenvalue weighted by Crippen LogP contribution is 2.44. The van der Waals surface area contributed by atoms with Gasteiger partial charge in [-0.05, 0) is 121 Å². The Morgan fingerprint density at radius 2 is 1.06 bits per heavy atom. The van der Waals surface area contributed by atoms with Crippen LogP contribution in [-0.2, 0) is 0 Å². The highest BCUT2D eigenvalue weighted by Gasteiger charge is 2.21. The third-order valence-electron chi connectivity index (χ3n) is 13.5. The summed E-state index contributed by atoms with van der Waals surface area (Å²) in [7, 11) is 0. The minimum atomic E-state index is 0.677. The van der Waals surface area contributed by atoms with E-state index in [1.807, 2.05) is 31.2 Å². The molecule has 13 aromatic rings. The molecule has 13 rings (SSSR count). The zero-order valence-corrected chi connectivity index (χ0v) is 36.7. The lowest BCUT2D eigenvalue weighted by atomic mass is 9.90. The van der Waals surface area contributed by atoms with E-state index >= 15 is 0 Å². The van der Waals surface area contributed by atoms with Crippen LogP contribution in [0.4, 0.5) is 0 Å². The van der Waals surface area contributed by atoms with Crippen molar-refractivity contribution in [3.8, 4) is 50.7 Å². The summed E-state index contributed by atoms with van der Waals surface area (Å²) in [6.45, 7) is 6.06. The van der Waals surface area contributed by atoms with E-state index in [1.54, 1.807) is 6.08 Å². The van der Waals surface area contributed by atoms with Gasteiger partial charge in [-0.3, -0.25) is 4.57 Å². The maximum Gasteiger partial charge on any atom is 0.162 e. The Morgan fingerprint density at radius 1 is 0.448 bits per heavy atom. The van der Waals surface area contributed by atoms with Gasteiger partial charge in [-0.2, -0.15) is 0 Å². The predicted molar refractivity (Wildman–Crippen MR) is 283 cm³/mol. The molecule has 0 N–H and O–H groups in total. The van der Waals surface area contributed by atoms with E-state index < -0.39 is 0 Å². The molecule has 0 aliphatic heterocycles. The van der Waals surface area contributed by atoms with E-state index in [9.17, 15) is 0 Å². The van der Waals surface area contributed by atoms with Gasteiger partial charge >= 0.3 is 0 Å². The number of allylic oxidation sites excluding steroid dienone is 1. The molecule has 0 unspecified atom stereocenters. The zero-order valence-electron chi connectivity index (χ0n) is 36.7. The fourth-order valence-electron chi connectivity index (χ4n) is 10.4. The maximum absolute atomic E-state index is 6.21. The first-order chi connectivity index (χ1) is 33.1. The monoisotopic (exact) mass is 855 g/mol. The molecule has 0 atom stereocenters. The van der Waals surface area contributed by atoms with Crippen molar-refractivity contribution < 1.29 is 4.42 Å². The molecular formula is C63H41N3O. The van der Waals surface area contributed by atoms with E-state index in [1.165, 1.54) is 54.2 Å². The highest BCUT2D eigenvalue weighted by atomic mass is 16.3. The third-order valence-corrected chi connectivity index (χ3v) is 13.5. The fraction of sp³-hybridized carbons (Fsp3) is 0.0159. The van der Waals surface area contributed by atoms with E-state index in [2.05, 4.69) is 199 Å². The molecule has 0 aliphatic rings. The molecule has 0 fully saturated rings. The van der Waals surface area contributed by atoms with Gasteiger partial charge in [0.05, 0.1) is 16.7 Å². The molecule has 0 aliphatic carbocycles. The molecule has 67 heavy (non-hydrogen) atoms. The summed E-state index contributed by atoms with van der Waals surface area (Å²) in [5, 5.41) is 13.0. The van der Waals surface area contributed by atoms with Gasteiger partial charge in [0.1, 0.15) is 17.2 Å². The maximum atomic E-state index is 6.21. The Hall–Kier alpha value is -8.86. The van der Waals surface area contributed by atoms with Crippen molar-refractivity contribution in [2.75, 3.05) is 0 Å². The summed E-state index contributed by atoms with van der Waals surface area (Å²) in [6.07, 6.45) is 5.95. The van der Waals surface area contributed by atoms with Crippen LogP contribution in [0.15, 0.2) is 217 Å². The Bertz CT molecular complexity index is 4110. The SMILES string of the molecule is C=Cc1oc2ccc(-c3ccc4c5ccccc5c5cc6c(cc5c4c3)c3cc(-c4cccc5ccccc45)ccc3n6-c3cc(-c4ccccc4)nc(-c4ccccc4)n3)cc2c1/C=C\C. The Kier molecular flexibility index (Phi) is 8.87. The van der Waals surface area contributed by atoms with Crippen molar-refractivity contribution >= 4 is 88.0 Å². The second kappa shape index (κ2) is 15.4. The van der Waals surface area contributed by atoms with Gasteiger partial charge < -0.3 is 4.42 Å². The molecule has 314 valence electrons. The van der Waals surface area contributed by atoms with Crippen LogP contribution in [0.5, 0.6) is 0 Å². The lowest BCUT2D eigenvalue weighted by Gasteiger charge is -2.14. The number of hydrogen-bond acceptors (Lipinski definition) is 3. The van der Waals surface area contributed by atoms with Gasteiger partial charge in [0.25, 0.3) is 0 Å². The van der Waals surface area contributed by atoms with Gasteiger partial charge in [-0.15, -0.1) is 0 Å². The Balaban J connectivity index is 1.13. The third kappa shape index (κ3) is 6.22. The smallest absolute Gasteiger partial charge is 0.162 e. The Morgan fingerprint density at radius 3 is 1.85 bits per heavy atom. The lowest BCUT2D eigenvalue weighted by Crippen LogP contribution is -2.02. The normalized spacial score (nSPS) is 12.0. The number of fused-ring (bicyclic) bond motifs is 11. The largest absolute Gasteiger partial charge is 0.456 e. The van der Waals surface area contributed by atoms with Gasteiger partial charge in [0.2, 0.25) is 0 Å². The van der Waals surface area contributed by atoms with Crippen LogP contribution in [0.2, 0.25) is 0 Å². The van der Waals surface area contributed by atoms with Crippen molar-refractivity contribution in [1.82, 2.24) is 14.5 Å². The van der Waals surface area contributed by atoms with Crippen LogP contribution in [0.3, 0.4) is 0 Å². The average Bonchev–Trinajstić information content (AvgIpc) is 3.92. The van der Waals surface area contributed by atoms with Gasteiger partial charge in [0, 0.05) is 38.9 Å². The quantitative estimate of drug-likeness (QED) is 0.150. The number of nitrogens with zero attached hydrogens (tertiary/aromatic N) is 3. The van der Waals surface area contributed by atoms with Gasteiger partial charge in [-0.25, -0.2) is 9.97 Å². The molecule has 0 bridgehead atoms. The first-order valence-corrected chi connectivity index (χ1v) is 22.8. The van der Waals surface area contributed by atoms with Crippen molar-refractivity contribution in [3.63, 3.8) is 0 Å².